The van der Waals surface area contributed by atoms with Gasteiger partial charge in [-0.3, -0.25) is 4.79 Å². The predicted molar refractivity (Wildman–Crippen MR) is 82.7 cm³/mol. The van der Waals surface area contributed by atoms with Gasteiger partial charge in [-0.15, -0.1) is 0 Å². The molecule has 116 valence electrons. The lowest BCUT2D eigenvalue weighted by atomic mass is 10.1. The van der Waals surface area contributed by atoms with Crippen LogP contribution >= 0.6 is 11.6 Å². The molecular formula is C16H22ClNO3. The summed E-state index contributed by atoms with van der Waals surface area (Å²) in [6, 6.07) is 4.83. The molecule has 1 fully saturated rings. The summed E-state index contributed by atoms with van der Waals surface area (Å²) in [6.07, 6.45) is 6.21. The summed E-state index contributed by atoms with van der Waals surface area (Å²) in [6.45, 7) is 1.59. The number of benzene rings is 1. The number of ether oxygens (including phenoxy) is 1. The first-order chi connectivity index (χ1) is 10.1. The molecule has 1 heterocycles. The third-order valence-corrected chi connectivity index (χ3v) is 3.98. The number of nitrogens with one attached hydrogen (secondary N) is 1. The van der Waals surface area contributed by atoms with Crippen molar-refractivity contribution >= 4 is 17.5 Å². The van der Waals surface area contributed by atoms with Gasteiger partial charge >= 0.3 is 0 Å². The van der Waals surface area contributed by atoms with Crippen molar-refractivity contribution in [3.63, 3.8) is 0 Å². The summed E-state index contributed by atoms with van der Waals surface area (Å²) in [5.74, 6) is 0.0174. The van der Waals surface area contributed by atoms with Crippen molar-refractivity contribution < 1.29 is 14.6 Å². The zero-order valence-electron chi connectivity index (χ0n) is 12.1. The van der Waals surface area contributed by atoms with E-state index in [0.29, 0.717) is 12.6 Å². The van der Waals surface area contributed by atoms with Crippen molar-refractivity contribution in [2.75, 3.05) is 13.2 Å². The van der Waals surface area contributed by atoms with Crippen LogP contribution < -0.4 is 5.32 Å². The number of phenolic OH excluding ortho intramolecular Hbond substituents is 1. The molecule has 0 unspecified atom stereocenters. The predicted octanol–water partition coefficient (Wildman–Crippen LogP) is 3.05. The van der Waals surface area contributed by atoms with E-state index in [0.717, 1.165) is 31.4 Å². The van der Waals surface area contributed by atoms with Crippen LogP contribution in [0.25, 0.3) is 0 Å². The fourth-order valence-corrected chi connectivity index (χ4v) is 2.71. The van der Waals surface area contributed by atoms with Crippen LogP contribution in [0.4, 0.5) is 0 Å². The van der Waals surface area contributed by atoms with Crippen LogP contribution in [0.15, 0.2) is 18.2 Å². The zero-order valence-corrected chi connectivity index (χ0v) is 12.9. The Morgan fingerprint density at radius 2 is 2.29 bits per heavy atom. The van der Waals surface area contributed by atoms with Crippen LogP contribution in [0.3, 0.4) is 0 Å². The SMILES string of the molecule is O=C(Cc1ccc(O)c(Cl)c1)NCCCC[C@H]1CCCO1. The number of amides is 1. The molecule has 0 radical (unpaired) electrons. The molecule has 1 aromatic rings. The third-order valence-electron chi connectivity index (χ3n) is 3.68. The lowest BCUT2D eigenvalue weighted by Gasteiger charge is -2.09. The van der Waals surface area contributed by atoms with Gasteiger partial charge < -0.3 is 15.2 Å². The first-order valence-electron chi connectivity index (χ1n) is 7.51. The second kappa shape index (κ2) is 8.25. The van der Waals surface area contributed by atoms with Crippen molar-refractivity contribution in [3.8, 4) is 5.75 Å². The molecule has 0 spiro atoms. The number of carbonyl (C=O) groups excluding carboxylic acids is 1. The van der Waals surface area contributed by atoms with Crippen LogP contribution in [0.2, 0.25) is 5.02 Å². The van der Waals surface area contributed by atoms with Gasteiger partial charge in [-0.1, -0.05) is 17.7 Å². The van der Waals surface area contributed by atoms with Gasteiger partial charge in [0.15, 0.2) is 0 Å². The molecule has 1 amide bonds. The van der Waals surface area contributed by atoms with E-state index in [1.807, 2.05) is 0 Å². The summed E-state index contributed by atoms with van der Waals surface area (Å²) in [7, 11) is 0. The van der Waals surface area contributed by atoms with Crippen molar-refractivity contribution in [2.24, 2.45) is 0 Å². The molecule has 21 heavy (non-hydrogen) atoms. The molecule has 1 aliphatic heterocycles. The highest BCUT2D eigenvalue weighted by atomic mass is 35.5. The Morgan fingerprint density at radius 3 is 3.00 bits per heavy atom. The maximum absolute atomic E-state index is 11.8. The molecule has 0 bridgehead atoms. The van der Waals surface area contributed by atoms with Crippen LogP contribution in [0.5, 0.6) is 5.75 Å². The molecule has 2 rings (SSSR count). The van der Waals surface area contributed by atoms with Crippen LogP contribution in [-0.2, 0) is 16.0 Å². The number of rotatable bonds is 7. The van der Waals surface area contributed by atoms with Gasteiger partial charge in [-0.25, -0.2) is 0 Å². The molecule has 0 aromatic heterocycles. The van der Waals surface area contributed by atoms with E-state index in [9.17, 15) is 9.90 Å². The molecule has 0 saturated carbocycles. The molecule has 1 aromatic carbocycles. The molecule has 1 aliphatic rings. The quantitative estimate of drug-likeness (QED) is 0.761. The summed E-state index contributed by atoms with van der Waals surface area (Å²) in [4.78, 5) is 11.8. The van der Waals surface area contributed by atoms with E-state index in [2.05, 4.69) is 5.32 Å². The summed E-state index contributed by atoms with van der Waals surface area (Å²) in [5.41, 5.74) is 0.801. The number of hydrogen-bond donors (Lipinski definition) is 2. The highest BCUT2D eigenvalue weighted by molar-refractivity contribution is 6.32. The number of carbonyl (C=O) groups is 1. The summed E-state index contributed by atoms with van der Waals surface area (Å²) in [5, 5.41) is 12.5. The van der Waals surface area contributed by atoms with Crippen LogP contribution in [-0.4, -0.2) is 30.3 Å². The number of halogens is 1. The smallest absolute Gasteiger partial charge is 0.224 e. The van der Waals surface area contributed by atoms with Gasteiger partial charge in [0.1, 0.15) is 5.75 Å². The normalized spacial score (nSPS) is 17.9. The molecule has 0 aliphatic carbocycles. The van der Waals surface area contributed by atoms with Crippen LogP contribution in [0, 0.1) is 0 Å². The van der Waals surface area contributed by atoms with Crippen molar-refractivity contribution in [1.29, 1.82) is 0 Å². The Hall–Kier alpha value is -1.26. The second-order valence-electron chi connectivity index (χ2n) is 5.44. The molecular weight excluding hydrogens is 290 g/mol. The average molecular weight is 312 g/mol. The van der Waals surface area contributed by atoms with Crippen molar-refractivity contribution in [2.45, 2.75) is 44.6 Å². The van der Waals surface area contributed by atoms with Crippen molar-refractivity contribution in [3.05, 3.63) is 28.8 Å². The fourth-order valence-electron chi connectivity index (χ4n) is 2.51. The number of hydrogen-bond acceptors (Lipinski definition) is 3. The molecule has 2 N–H and O–H groups in total. The van der Waals surface area contributed by atoms with E-state index in [1.165, 1.54) is 18.9 Å². The maximum atomic E-state index is 11.8. The fraction of sp³-hybridized carbons (Fsp3) is 0.562. The minimum atomic E-state index is -0.0196. The molecule has 4 nitrogen and oxygen atoms in total. The number of aromatic hydroxyl groups is 1. The number of unbranched alkanes of at least 4 members (excludes halogenated alkanes) is 1. The van der Waals surface area contributed by atoms with Crippen LogP contribution in [0.1, 0.15) is 37.7 Å². The van der Waals surface area contributed by atoms with Gasteiger partial charge in [-0.2, -0.15) is 0 Å². The van der Waals surface area contributed by atoms with E-state index in [-0.39, 0.29) is 23.1 Å². The highest BCUT2D eigenvalue weighted by Crippen LogP contribution is 2.23. The van der Waals surface area contributed by atoms with Gasteiger partial charge in [-0.05, 0) is 49.8 Å². The van der Waals surface area contributed by atoms with Gasteiger partial charge in [0, 0.05) is 13.2 Å². The largest absolute Gasteiger partial charge is 0.506 e. The first-order valence-corrected chi connectivity index (χ1v) is 7.88. The van der Waals surface area contributed by atoms with Gasteiger partial charge in [0.25, 0.3) is 0 Å². The lowest BCUT2D eigenvalue weighted by Crippen LogP contribution is -2.26. The average Bonchev–Trinajstić information content (AvgIpc) is 2.96. The third kappa shape index (κ3) is 5.56. The Kier molecular flexibility index (Phi) is 6.33. The Bertz CT molecular complexity index is 473. The molecule has 1 saturated heterocycles. The van der Waals surface area contributed by atoms with E-state index < -0.39 is 0 Å². The minimum Gasteiger partial charge on any atom is -0.506 e. The van der Waals surface area contributed by atoms with E-state index >= 15 is 0 Å². The van der Waals surface area contributed by atoms with Crippen molar-refractivity contribution in [1.82, 2.24) is 5.32 Å². The van der Waals surface area contributed by atoms with E-state index in [1.54, 1.807) is 12.1 Å². The Labute approximate surface area is 130 Å². The van der Waals surface area contributed by atoms with E-state index in [4.69, 9.17) is 16.3 Å². The molecule has 5 heteroatoms. The standard InChI is InChI=1S/C16H22ClNO3/c17-14-10-12(6-7-15(14)19)11-16(20)18-8-2-1-4-13-5-3-9-21-13/h6-7,10,13,19H,1-5,8-9,11H2,(H,18,20)/t13-/m0/s1. The second-order valence-corrected chi connectivity index (χ2v) is 5.85. The zero-order chi connectivity index (χ0) is 15.1. The first kappa shape index (κ1) is 16.1. The topological polar surface area (TPSA) is 58.6 Å². The minimum absolute atomic E-state index is 0.0196. The van der Waals surface area contributed by atoms with Gasteiger partial charge in [0.2, 0.25) is 5.91 Å². The lowest BCUT2D eigenvalue weighted by molar-refractivity contribution is -0.120. The Morgan fingerprint density at radius 1 is 1.43 bits per heavy atom. The highest BCUT2D eigenvalue weighted by Gasteiger charge is 2.14. The van der Waals surface area contributed by atoms with Gasteiger partial charge in [0.05, 0.1) is 17.5 Å². The maximum Gasteiger partial charge on any atom is 0.224 e. The Balaban J connectivity index is 1.59. The molecule has 1 atom stereocenters. The summed E-state index contributed by atoms with van der Waals surface area (Å²) >= 11 is 5.81. The number of phenols is 1. The monoisotopic (exact) mass is 311 g/mol. The summed E-state index contributed by atoms with van der Waals surface area (Å²) < 4.78 is 5.56.